The summed E-state index contributed by atoms with van der Waals surface area (Å²) in [4.78, 5) is 11.8. The molecule has 3 atom stereocenters. The molecule has 17 heavy (non-hydrogen) atoms. The van der Waals surface area contributed by atoms with E-state index in [-0.39, 0.29) is 18.1 Å². The van der Waals surface area contributed by atoms with E-state index < -0.39 is 0 Å². The van der Waals surface area contributed by atoms with Gasteiger partial charge in [0, 0.05) is 13.1 Å². The van der Waals surface area contributed by atoms with Crippen molar-refractivity contribution in [1.29, 1.82) is 0 Å². The van der Waals surface area contributed by atoms with Crippen LogP contribution in [-0.2, 0) is 9.53 Å². The largest absolute Gasteiger partial charge is 0.365 e. The molecule has 1 aliphatic rings. The van der Waals surface area contributed by atoms with Gasteiger partial charge in [-0.25, -0.2) is 0 Å². The van der Waals surface area contributed by atoms with Crippen LogP contribution in [0.2, 0.25) is 0 Å². The van der Waals surface area contributed by atoms with E-state index in [9.17, 15) is 4.79 Å². The standard InChI is InChI=1S/C13H26N2O2/c1-3-12(13(16)15-8-7-14)17-11-6-4-5-10(2)9-11/h10-12H,3-9,14H2,1-2H3,(H,15,16). The predicted molar refractivity (Wildman–Crippen MR) is 68.6 cm³/mol. The van der Waals surface area contributed by atoms with E-state index >= 15 is 0 Å². The van der Waals surface area contributed by atoms with Crippen molar-refractivity contribution in [2.45, 2.75) is 58.2 Å². The Hall–Kier alpha value is -0.610. The molecule has 100 valence electrons. The van der Waals surface area contributed by atoms with Crippen molar-refractivity contribution >= 4 is 5.91 Å². The van der Waals surface area contributed by atoms with Crippen LogP contribution in [0.4, 0.5) is 0 Å². The molecule has 4 nitrogen and oxygen atoms in total. The molecule has 3 unspecified atom stereocenters. The molecule has 0 aromatic rings. The SMILES string of the molecule is CCC(OC1CCCC(C)C1)C(=O)NCCN. The number of nitrogens with one attached hydrogen (secondary N) is 1. The lowest BCUT2D eigenvalue weighted by atomic mass is 9.88. The van der Waals surface area contributed by atoms with Crippen LogP contribution in [0, 0.1) is 5.92 Å². The van der Waals surface area contributed by atoms with E-state index in [0.717, 1.165) is 25.2 Å². The fourth-order valence-corrected chi connectivity index (χ4v) is 2.39. The topological polar surface area (TPSA) is 64.3 Å². The zero-order chi connectivity index (χ0) is 12.7. The molecule has 1 saturated carbocycles. The summed E-state index contributed by atoms with van der Waals surface area (Å²) >= 11 is 0. The second kappa shape index (κ2) is 7.67. The molecule has 0 aromatic heterocycles. The average molecular weight is 242 g/mol. The number of hydrogen-bond donors (Lipinski definition) is 2. The predicted octanol–water partition coefficient (Wildman–Crippen LogP) is 1.44. The monoisotopic (exact) mass is 242 g/mol. The van der Waals surface area contributed by atoms with Gasteiger partial charge in [-0.2, -0.15) is 0 Å². The molecule has 1 amide bonds. The van der Waals surface area contributed by atoms with Gasteiger partial charge in [-0.05, 0) is 25.2 Å². The minimum atomic E-state index is -0.308. The Morgan fingerprint density at radius 3 is 2.88 bits per heavy atom. The summed E-state index contributed by atoms with van der Waals surface area (Å²) in [6.45, 7) is 5.24. The Kier molecular flexibility index (Phi) is 6.52. The maximum absolute atomic E-state index is 11.8. The summed E-state index contributed by atoms with van der Waals surface area (Å²) in [5, 5.41) is 2.80. The first-order valence-corrected chi connectivity index (χ1v) is 6.80. The van der Waals surface area contributed by atoms with Crippen molar-refractivity contribution in [3.8, 4) is 0 Å². The van der Waals surface area contributed by atoms with Gasteiger partial charge in [-0.1, -0.05) is 26.7 Å². The van der Waals surface area contributed by atoms with Crippen LogP contribution in [0.15, 0.2) is 0 Å². The first-order valence-electron chi connectivity index (χ1n) is 6.80. The number of ether oxygens (including phenoxy) is 1. The third-order valence-electron chi connectivity index (χ3n) is 3.35. The highest BCUT2D eigenvalue weighted by molar-refractivity contribution is 5.80. The summed E-state index contributed by atoms with van der Waals surface area (Å²) in [5.41, 5.74) is 5.37. The zero-order valence-corrected chi connectivity index (χ0v) is 11.1. The van der Waals surface area contributed by atoms with Gasteiger partial charge in [0.25, 0.3) is 0 Å². The molecule has 0 aliphatic heterocycles. The van der Waals surface area contributed by atoms with E-state index in [0.29, 0.717) is 13.1 Å². The Morgan fingerprint density at radius 2 is 2.29 bits per heavy atom. The smallest absolute Gasteiger partial charge is 0.249 e. The fourth-order valence-electron chi connectivity index (χ4n) is 2.39. The van der Waals surface area contributed by atoms with E-state index in [1.807, 2.05) is 6.92 Å². The third kappa shape index (κ3) is 5.04. The molecule has 1 fully saturated rings. The summed E-state index contributed by atoms with van der Waals surface area (Å²) in [6.07, 6.45) is 5.35. The first kappa shape index (κ1) is 14.5. The van der Waals surface area contributed by atoms with Crippen molar-refractivity contribution in [1.82, 2.24) is 5.32 Å². The number of carbonyl (C=O) groups is 1. The number of amides is 1. The van der Waals surface area contributed by atoms with Crippen LogP contribution in [0.25, 0.3) is 0 Å². The molecule has 0 bridgehead atoms. The molecule has 0 aromatic carbocycles. The fraction of sp³-hybridized carbons (Fsp3) is 0.923. The van der Waals surface area contributed by atoms with Crippen molar-refractivity contribution < 1.29 is 9.53 Å². The average Bonchev–Trinajstić information content (AvgIpc) is 2.33. The molecule has 1 aliphatic carbocycles. The quantitative estimate of drug-likeness (QED) is 0.740. The molecule has 3 N–H and O–H groups in total. The molecule has 0 radical (unpaired) electrons. The lowest BCUT2D eigenvalue weighted by molar-refractivity contribution is -0.138. The van der Waals surface area contributed by atoms with E-state index in [1.165, 1.54) is 12.8 Å². The Labute approximate surface area is 104 Å². The van der Waals surface area contributed by atoms with Crippen molar-refractivity contribution in [3.63, 3.8) is 0 Å². The second-order valence-corrected chi connectivity index (χ2v) is 5.01. The molecular weight excluding hydrogens is 216 g/mol. The van der Waals surface area contributed by atoms with Gasteiger partial charge < -0.3 is 15.8 Å². The van der Waals surface area contributed by atoms with Gasteiger partial charge in [0.2, 0.25) is 5.91 Å². The summed E-state index contributed by atoms with van der Waals surface area (Å²) in [5.74, 6) is 0.703. The number of rotatable bonds is 6. The van der Waals surface area contributed by atoms with E-state index in [2.05, 4.69) is 12.2 Å². The lowest BCUT2D eigenvalue weighted by Crippen LogP contribution is -2.41. The normalized spacial score (nSPS) is 26.5. The highest BCUT2D eigenvalue weighted by Gasteiger charge is 2.25. The minimum Gasteiger partial charge on any atom is -0.365 e. The first-order chi connectivity index (χ1) is 8.17. The van der Waals surface area contributed by atoms with Gasteiger partial charge in [0.05, 0.1) is 6.10 Å². The third-order valence-corrected chi connectivity index (χ3v) is 3.35. The maximum atomic E-state index is 11.8. The van der Waals surface area contributed by atoms with E-state index in [1.54, 1.807) is 0 Å². The van der Waals surface area contributed by atoms with Crippen molar-refractivity contribution in [2.24, 2.45) is 11.7 Å². The number of carbonyl (C=O) groups excluding carboxylic acids is 1. The van der Waals surface area contributed by atoms with Gasteiger partial charge in [-0.3, -0.25) is 4.79 Å². The second-order valence-electron chi connectivity index (χ2n) is 5.01. The van der Waals surface area contributed by atoms with Gasteiger partial charge in [0.15, 0.2) is 0 Å². The van der Waals surface area contributed by atoms with Crippen LogP contribution in [-0.4, -0.2) is 31.2 Å². The Balaban J connectivity index is 2.37. The van der Waals surface area contributed by atoms with Gasteiger partial charge in [-0.15, -0.1) is 0 Å². The number of hydrogen-bond acceptors (Lipinski definition) is 3. The maximum Gasteiger partial charge on any atom is 0.249 e. The summed E-state index contributed by atoms with van der Waals surface area (Å²) in [7, 11) is 0. The molecule has 0 spiro atoms. The zero-order valence-electron chi connectivity index (χ0n) is 11.1. The molecule has 0 heterocycles. The highest BCUT2D eigenvalue weighted by atomic mass is 16.5. The minimum absolute atomic E-state index is 0.0174. The highest BCUT2D eigenvalue weighted by Crippen LogP contribution is 2.26. The van der Waals surface area contributed by atoms with Crippen molar-refractivity contribution in [3.05, 3.63) is 0 Å². The van der Waals surface area contributed by atoms with Crippen molar-refractivity contribution in [2.75, 3.05) is 13.1 Å². The van der Waals surface area contributed by atoms with E-state index in [4.69, 9.17) is 10.5 Å². The van der Waals surface area contributed by atoms with Crippen LogP contribution < -0.4 is 11.1 Å². The van der Waals surface area contributed by atoms with Crippen LogP contribution >= 0.6 is 0 Å². The van der Waals surface area contributed by atoms with Crippen LogP contribution in [0.5, 0.6) is 0 Å². The molecule has 4 heteroatoms. The Morgan fingerprint density at radius 1 is 1.53 bits per heavy atom. The summed E-state index contributed by atoms with van der Waals surface area (Å²) in [6, 6.07) is 0. The van der Waals surface area contributed by atoms with Gasteiger partial charge >= 0.3 is 0 Å². The molecule has 0 saturated heterocycles. The molecule has 1 rings (SSSR count). The van der Waals surface area contributed by atoms with Crippen LogP contribution in [0.1, 0.15) is 46.0 Å². The van der Waals surface area contributed by atoms with Crippen LogP contribution in [0.3, 0.4) is 0 Å². The molecular formula is C13H26N2O2. The Bertz CT molecular complexity index is 233. The lowest BCUT2D eigenvalue weighted by Gasteiger charge is -2.29. The number of nitrogens with two attached hydrogens (primary N) is 1. The summed E-state index contributed by atoms with van der Waals surface area (Å²) < 4.78 is 5.92. The van der Waals surface area contributed by atoms with Gasteiger partial charge in [0.1, 0.15) is 6.10 Å².